The van der Waals surface area contributed by atoms with E-state index in [1.54, 1.807) is 0 Å². The molecule has 1 heteroatoms. The van der Waals surface area contributed by atoms with Crippen molar-refractivity contribution in [2.75, 3.05) is 0 Å². The van der Waals surface area contributed by atoms with Crippen LogP contribution in [0.4, 0.5) is 0 Å². The molecule has 0 aliphatic carbocycles. The zero-order chi connectivity index (χ0) is 10.8. The summed E-state index contributed by atoms with van der Waals surface area (Å²) in [7, 11) is 0. The highest BCUT2D eigenvalue weighted by Crippen LogP contribution is 2.03. The van der Waals surface area contributed by atoms with Crippen LogP contribution in [0.15, 0.2) is 53.2 Å². The molecule has 0 N–H and O–H groups in total. The third-order valence-electron chi connectivity index (χ3n) is 1.64. The molecule has 0 atom stereocenters. The SMILES string of the molecule is C/C=C\N=C(/C=C\C)C(/C=C\C)=C\C. The van der Waals surface area contributed by atoms with E-state index in [2.05, 4.69) is 17.1 Å². The smallest absolute Gasteiger partial charge is 0.0695 e. The van der Waals surface area contributed by atoms with E-state index in [-0.39, 0.29) is 0 Å². The first-order valence-corrected chi connectivity index (χ1v) is 4.91. The van der Waals surface area contributed by atoms with Gasteiger partial charge in [-0.25, -0.2) is 0 Å². The first-order chi connectivity index (χ1) is 6.79. The van der Waals surface area contributed by atoms with Crippen LogP contribution in [0.2, 0.25) is 0 Å². The summed E-state index contributed by atoms with van der Waals surface area (Å²) in [5, 5.41) is 0. The second-order valence-electron chi connectivity index (χ2n) is 2.74. The Hall–Kier alpha value is -1.37. The summed E-state index contributed by atoms with van der Waals surface area (Å²) in [4.78, 5) is 4.35. The monoisotopic (exact) mass is 189 g/mol. The van der Waals surface area contributed by atoms with Gasteiger partial charge in [-0.05, 0) is 39.3 Å². The zero-order valence-corrected chi connectivity index (χ0v) is 9.49. The quantitative estimate of drug-likeness (QED) is 0.467. The van der Waals surface area contributed by atoms with Crippen LogP contribution >= 0.6 is 0 Å². The second-order valence-corrected chi connectivity index (χ2v) is 2.74. The number of hydrogen-bond acceptors (Lipinski definition) is 1. The standard InChI is InChI=1S/C13H19N/c1-5-9-12(8-4)13(10-6-2)14-11-7-3/h5-11H,1-4H3/b9-5-,10-6-,11-7-,12-8-,14-13+. The highest BCUT2D eigenvalue weighted by molar-refractivity contribution is 6.10. The van der Waals surface area contributed by atoms with Gasteiger partial charge in [-0.1, -0.05) is 30.4 Å². The predicted octanol–water partition coefficient (Wildman–Crippen LogP) is 4.06. The average molecular weight is 189 g/mol. The molecule has 0 heterocycles. The molecule has 0 aliphatic heterocycles. The molecule has 0 aliphatic rings. The molecule has 0 bridgehead atoms. The average Bonchev–Trinajstić information content (AvgIpc) is 2.21. The number of hydrogen-bond donors (Lipinski definition) is 0. The number of rotatable bonds is 4. The van der Waals surface area contributed by atoms with Gasteiger partial charge in [0.1, 0.15) is 0 Å². The first kappa shape index (κ1) is 12.6. The van der Waals surface area contributed by atoms with Crippen molar-refractivity contribution in [2.24, 2.45) is 4.99 Å². The molecule has 0 spiro atoms. The maximum atomic E-state index is 4.35. The van der Waals surface area contributed by atoms with Crippen molar-refractivity contribution in [3.63, 3.8) is 0 Å². The van der Waals surface area contributed by atoms with Crippen LogP contribution in [0.25, 0.3) is 0 Å². The zero-order valence-electron chi connectivity index (χ0n) is 9.49. The van der Waals surface area contributed by atoms with Crippen molar-refractivity contribution in [3.05, 3.63) is 48.2 Å². The summed E-state index contributed by atoms with van der Waals surface area (Å²) in [6.07, 6.45) is 13.9. The summed E-state index contributed by atoms with van der Waals surface area (Å²) in [5.74, 6) is 0. The van der Waals surface area contributed by atoms with Gasteiger partial charge in [0.2, 0.25) is 0 Å². The normalized spacial score (nSPS) is 15.1. The Bertz CT molecular complexity index is 288. The van der Waals surface area contributed by atoms with Crippen molar-refractivity contribution in [1.29, 1.82) is 0 Å². The lowest BCUT2D eigenvalue weighted by Gasteiger charge is -1.99. The van der Waals surface area contributed by atoms with Gasteiger partial charge < -0.3 is 0 Å². The van der Waals surface area contributed by atoms with Gasteiger partial charge in [-0.3, -0.25) is 4.99 Å². The van der Waals surface area contributed by atoms with E-state index in [4.69, 9.17) is 0 Å². The molecule has 1 nitrogen and oxygen atoms in total. The molecular formula is C13H19N. The molecular weight excluding hydrogens is 170 g/mol. The summed E-state index contributed by atoms with van der Waals surface area (Å²) in [6, 6.07) is 0. The Morgan fingerprint density at radius 3 is 1.93 bits per heavy atom. The summed E-state index contributed by atoms with van der Waals surface area (Å²) in [6.45, 7) is 7.98. The molecule has 76 valence electrons. The number of aliphatic imine (C=N–C) groups is 1. The molecule has 0 aromatic rings. The lowest BCUT2D eigenvalue weighted by atomic mass is 10.1. The second kappa shape index (κ2) is 8.24. The fraction of sp³-hybridized carbons (Fsp3) is 0.308. The molecule has 0 unspecified atom stereocenters. The van der Waals surface area contributed by atoms with E-state index < -0.39 is 0 Å². The van der Waals surface area contributed by atoms with Crippen LogP contribution < -0.4 is 0 Å². The van der Waals surface area contributed by atoms with E-state index >= 15 is 0 Å². The molecule has 0 saturated heterocycles. The fourth-order valence-electron chi connectivity index (χ4n) is 1.04. The highest BCUT2D eigenvalue weighted by Gasteiger charge is 1.96. The maximum Gasteiger partial charge on any atom is 0.0695 e. The number of allylic oxidation sites excluding steroid dienone is 7. The van der Waals surface area contributed by atoms with E-state index in [1.165, 1.54) is 0 Å². The lowest BCUT2D eigenvalue weighted by Crippen LogP contribution is -1.95. The molecule has 0 amide bonds. The van der Waals surface area contributed by atoms with Gasteiger partial charge in [0.15, 0.2) is 0 Å². The first-order valence-electron chi connectivity index (χ1n) is 4.91. The third-order valence-corrected chi connectivity index (χ3v) is 1.64. The van der Waals surface area contributed by atoms with Gasteiger partial charge >= 0.3 is 0 Å². The van der Waals surface area contributed by atoms with E-state index in [1.807, 2.05) is 58.2 Å². The summed E-state index contributed by atoms with van der Waals surface area (Å²) >= 11 is 0. The minimum Gasteiger partial charge on any atom is -0.257 e. The number of nitrogens with zero attached hydrogens (tertiary/aromatic N) is 1. The van der Waals surface area contributed by atoms with Crippen LogP contribution in [-0.4, -0.2) is 5.71 Å². The van der Waals surface area contributed by atoms with Crippen molar-refractivity contribution in [2.45, 2.75) is 27.7 Å². The third kappa shape index (κ3) is 4.61. The molecule has 0 radical (unpaired) electrons. The van der Waals surface area contributed by atoms with Gasteiger partial charge in [0, 0.05) is 6.20 Å². The van der Waals surface area contributed by atoms with E-state index in [0.29, 0.717) is 0 Å². The van der Waals surface area contributed by atoms with Crippen molar-refractivity contribution >= 4 is 5.71 Å². The van der Waals surface area contributed by atoms with Gasteiger partial charge in [0.25, 0.3) is 0 Å². The Balaban J connectivity index is 4.98. The van der Waals surface area contributed by atoms with Crippen LogP contribution in [0.5, 0.6) is 0 Å². The molecule has 0 aromatic heterocycles. The minimum atomic E-state index is 0.992. The van der Waals surface area contributed by atoms with Crippen LogP contribution in [0, 0.1) is 0 Å². The lowest BCUT2D eigenvalue weighted by molar-refractivity contribution is 1.49. The Morgan fingerprint density at radius 2 is 1.50 bits per heavy atom. The molecule has 0 rings (SSSR count). The molecule has 0 aromatic carbocycles. The van der Waals surface area contributed by atoms with E-state index in [9.17, 15) is 0 Å². The largest absolute Gasteiger partial charge is 0.257 e. The van der Waals surface area contributed by atoms with Crippen LogP contribution in [0.1, 0.15) is 27.7 Å². The molecule has 0 saturated carbocycles. The van der Waals surface area contributed by atoms with Crippen LogP contribution in [0.3, 0.4) is 0 Å². The Morgan fingerprint density at radius 1 is 0.857 bits per heavy atom. The fourth-order valence-corrected chi connectivity index (χ4v) is 1.04. The van der Waals surface area contributed by atoms with E-state index in [0.717, 1.165) is 11.3 Å². The van der Waals surface area contributed by atoms with Crippen molar-refractivity contribution in [3.8, 4) is 0 Å². The maximum absolute atomic E-state index is 4.35. The topological polar surface area (TPSA) is 12.4 Å². The van der Waals surface area contributed by atoms with Gasteiger partial charge in [-0.15, -0.1) is 0 Å². The van der Waals surface area contributed by atoms with Gasteiger partial charge in [0.05, 0.1) is 5.71 Å². The minimum absolute atomic E-state index is 0.992. The Kier molecular flexibility index (Phi) is 7.43. The Labute approximate surface area is 87.3 Å². The molecule has 0 fully saturated rings. The van der Waals surface area contributed by atoms with Crippen LogP contribution in [-0.2, 0) is 0 Å². The summed E-state index contributed by atoms with van der Waals surface area (Å²) < 4.78 is 0. The predicted molar refractivity (Wildman–Crippen MR) is 65.6 cm³/mol. The van der Waals surface area contributed by atoms with Crippen molar-refractivity contribution < 1.29 is 0 Å². The van der Waals surface area contributed by atoms with Crippen molar-refractivity contribution in [1.82, 2.24) is 0 Å². The highest BCUT2D eigenvalue weighted by atomic mass is 14.7. The van der Waals surface area contributed by atoms with Gasteiger partial charge in [-0.2, -0.15) is 0 Å². The summed E-state index contributed by atoms with van der Waals surface area (Å²) in [5.41, 5.74) is 2.13. The molecule has 14 heavy (non-hydrogen) atoms.